The number of nitrogens with zero attached hydrogens (tertiary/aromatic N) is 1. The summed E-state index contributed by atoms with van der Waals surface area (Å²) in [4.78, 5) is 25.0. The monoisotopic (exact) mass is 326 g/mol. The first-order valence-corrected chi connectivity index (χ1v) is 7.57. The molecule has 2 aliphatic rings. The largest absolute Gasteiger partial charge is 0.415 e. The maximum absolute atomic E-state index is 13.7. The lowest BCUT2D eigenvalue weighted by atomic mass is 9.90. The van der Waals surface area contributed by atoms with Crippen LogP contribution in [-0.4, -0.2) is 36.0 Å². The number of fused-ring (bicyclic) bond motifs is 1. The molecule has 3 rings (SSSR count). The van der Waals surface area contributed by atoms with Crippen molar-refractivity contribution in [1.29, 1.82) is 0 Å². The third kappa shape index (κ3) is 2.68. The molecule has 0 spiro atoms. The molecule has 1 N–H and O–H groups in total. The van der Waals surface area contributed by atoms with E-state index >= 15 is 0 Å². The second-order valence-electron chi connectivity index (χ2n) is 6.03. The first kappa shape index (κ1) is 15.8. The van der Waals surface area contributed by atoms with Gasteiger partial charge in [-0.05, 0) is 30.4 Å². The molecule has 7 heteroatoms. The van der Waals surface area contributed by atoms with Gasteiger partial charge in [-0.3, -0.25) is 9.59 Å². The van der Waals surface area contributed by atoms with Gasteiger partial charge >= 0.3 is 6.18 Å². The van der Waals surface area contributed by atoms with E-state index in [0.29, 0.717) is 24.9 Å². The number of rotatable bonds is 3. The number of carbonyl (C=O) groups is 2. The van der Waals surface area contributed by atoms with E-state index in [9.17, 15) is 22.8 Å². The summed E-state index contributed by atoms with van der Waals surface area (Å²) in [5.74, 6) is -0.956. The van der Waals surface area contributed by atoms with Crippen molar-refractivity contribution in [3.63, 3.8) is 0 Å². The minimum atomic E-state index is -4.59. The highest BCUT2D eigenvalue weighted by molar-refractivity contribution is 5.86. The van der Waals surface area contributed by atoms with E-state index in [4.69, 9.17) is 0 Å². The first-order valence-electron chi connectivity index (χ1n) is 7.57. The molecule has 1 heterocycles. The van der Waals surface area contributed by atoms with Crippen molar-refractivity contribution in [3.05, 3.63) is 35.4 Å². The molecule has 0 bridgehead atoms. The molecule has 1 aliphatic carbocycles. The Hall–Kier alpha value is -2.05. The quantitative estimate of drug-likeness (QED) is 0.925. The number of nitrogens with one attached hydrogen (secondary N) is 1. The van der Waals surface area contributed by atoms with E-state index in [1.165, 1.54) is 11.0 Å². The van der Waals surface area contributed by atoms with Crippen LogP contribution in [0.15, 0.2) is 24.3 Å². The number of alkyl halides is 3. The fourth-order valence-corrected chi connectivity index (χ4v) is 3.43. The van der Waals surface area contributed by atoms with Gasteiger partial charge < -0.3 is 10.2 Å². The smallest absolute Gasteiger partial charge is 0.337 e. The van der Waals surface area contributed by atoms with Crippen LogP contribution in [0.25, 0.3) is 0 Å². The van der Waals surface area contributed by atoms with Crippen molar-refractivity contribution < 1.29 is 22.8 Å². The van der Waals surface area contributed by atoms with Gasteiger partial charge in [-0.15, -0.1) is 0 Å². The topological polar surface area (TPSA) is 49.4 Å². The zero-order chi connectivity index (χ0) is 16.7. The van der Waals surface area contributed by atoms with Crippen molar-refractivity contribution >= 4 is 11.8 Å². The SMILES string of the molecule is O=C(CN1CCCC1=O)N[C@@]1(C(F)(F)F)CCc2ccccc21. The number of hydrogen-bond donors (Lipinski definition) is 1. The number of hydrogen-bond acceptors (Lipinski definition) is 2. The van der Waals surface area contributed by atoms with E-state index in [0.717, 1.165) is 0 Å². The molecule has 1 aromatic carbocycles. The molecule has 4 nitrogen and oxygen atoms in total. The predicted molar refractivity (Wildman–Crippen MR) is 76.5 cm³/mol. The lowest BCUT2D eigenvalue weighted by Crippen LogP contribution is -2.56. The highest BCUT2D eigenvalue weighted by atomic mass is 19.4. The van der Waals surface area contributed by atoms with Crippen LogP contribution in [-0.2, 0) is 21.5 Å². The summed E-state index contributed by atoms with van der Waals surface area (Å²) in [5.41, 5.74) is -1.65. The van der Waals surface area contributed by atoms with E-state index in [-0.39, 0.29) is 30.9 Å². The number of halogens is 3. The molecule has 0 saturated carbocycles. The van der Waals surface area contributed by atoms with Crippen molar-refractivity contribution in [2.75, 3.05) is 13.1 Å². The Labute approximate surface area is 131 Å². The average Bonchev–Trinajstić information content (AvgIpc) is 3.04. The van der Waals surface area contributed by atoms with Crippen LogP contribution in [0.2, 0.25) is 0 Å². The van der Waals surface area contributed by atoms with Gasteiger partial charge in [0.05, 0.1) is 6.54 Å². The molecule has 1 aliphatic heterocycles. The average molecular weight is 326 g/mol. The fraction of sp³-hybridized carbons (Fsp3) is 0.500. The summed E-state index contributed by atoms with van der Waals surface area (Å²) >= 11 is 0. The molecule has 1 fully saturated rings. The molecular weight excluding hydrogens is 309 g/mol. The second-order valence-corrected chi connectivity index (χ2v) is 6.03. The Morgan fingerprint density at radius 3 is 2.65 bits per heavy atom. The van der Waals surface area contributed by atoms with Crippen LogP contribution in [0.3, 0.4) is 0 Å². The molecule has 1 aromatic rings. The number of likely N-dealkylation sites (tertiary alicyclic amines) is 1. The third-order valence-electron chi connectivity index (χ3n) is 4.59. The van der Waals surface area contributed by atoms with E-state index in [1.807, 2.05) is 0 Å². The van der Waals surface area contributed by atoms with E-state index < -0.39 is 17.6 Å². The summed E-state index contributed by atoms with van der Waals surface area (Å²) in [7, 11) is 0. The third-order valence-corrected chi connectivity index (χ3v) is 4.59. The van der Waals surface area contributed by atoms with Crippen molar-refractivity contribution in [2.24, 2.45) is 0 Å². The predicted octanol–water partition coefficient (Wildman–Crippen LogP) is 2.13. The zero-order valence-electron chi connectivity index (χ0n) is 12.4. The standard InChI is InChI=1S/C16H17F3N2O2/c17-16(18,19)15(8-7-11-4-1-2-5-12(11)15)20-13(22)10-21-9-3-6-14(21)23/h1-2,4-5H,3,6-10H2,(H,20,22)/t15-/m0/s1. The molecule has 1 saturated heterocycles. The van der Waals surface area contributed by atoms with Crippen molar-refractivity contribution in [3.8, 4) is 0 Å². The molecular formula is C16H17F3N2O2. The Morgan fingerprint density at radius 1 is 1.26 bits per heavy atom. The van der Waals surface area contributed by atoms with Gasteiger partial charge in [-0.2, -0.15) is 13.2 Å². The van der Waals surface area contributed by atoms with Crippen LogP contribution in [0.1, 0.15) is 30.4 Å². The summed E-state index contributed by atoms with van der Waals surface area (Å²) in [6, 6.07) is 6.30. The highest BCUT2D eigenvalue weighted by Gasteiger charge is 2.59. The molecule has 1 atom stereocenters. The first-order chi connectivity index (χ1) is 10.8. The second kappa shape index (κ2) is 5.54. The number of aryl methyl sites for hydroxylation is 1. The minimum Gasteiger partial charge on any atom is -0.337 e. The molecule has 124 valence electrons. The van der Waals surface area contributed by atoms with E-state index in [1.54, 1.807) is 18.2 Å². The van der Waals surface area contributed by atoms with Gasteiger partial charge in [0.25, 0.3) is 0 Å². The highest BCUT2D eigenvalue weighted by Crippen LogP contribution is 2.47. The summed E-state index contributed by atoms with van der Waals surface area (Å²) in [5, 5.41) is 2.18. The molecule has 2 amide bonds. The van der Waals surface area contributed by atoms with Gasteiger partial charge in [0.2, 0.25) is 11.8 Å². The Morgan fingerprint density at radius 2 is 2.00 bits per heavy atom. The van der Waals surface area contributed by atoms with Crippen LogP contribution < -0.4 is 5.32 Å². The van der Waals surface area contributed by atoms with Gasteiger partial charge in [0.1, 0.15) is 0 Å². The Balaban J connectivity index is 1.84. The Kier molecular flexibility index (Phi) is 3.82. The van der Waals surface area contributed by atoms with Gasteiger partial charge in [-0.1, -0.05) is 24.3 Å². The molecule has 0 aromatic heterocycles. The van der Waals surface area contributed by atoms with Gasteiger partial charge in [0, 0.05) is 13.0 Å². The van der Waals surface area contributed by atoms with Crippen LogP contribution >= 0.6 is 0 Å². The number of amides is 2. The number of carbonyl (C=O) groups excluding carboxylic acids is 2. The maximum Gasteiger partial charge on any atom is 0.415 e. The van der Waals surface area contributed by atoms with Crippen LogP contribution in [0.5, 0.6) is 0 Å². The minimum absolute atomic E-state index is 0.105. The number of benzene rings is 1. The van der Waals surface area contributed by atoms with Gasteiger partial charge in [-0.25, -0.2) is 0 Å². The summed E-state index contributed by atoms with van der Waals surface area (Å²) < 4.78 is 41.2. The Bertz CT molecular complexity index is 644. The summed E-state index contributed by atoms with van der Waals surface area (Å²) in [6.07, 6.45) is -3.56. The lowest BCUT2D eigenvalue weighted by Gasteiger charge is -2.34. The van der Waals surface area contributed by atoms with Gasteiger partial charge in [0.15, 0.2) is 5.54 Å². The normalized spacial score (nSPS) is 24.0. The zero-order valence-corrected chi connectivity index (χ0v) is 12.4. The fourth-order valence-electron chi connectivity index (χ4n) is 3.43. The molecule has 0 radical (unpaired) electrons. The van der Waals surface area contributed by atoms with Crippen LogP contribution in [0.4, 0.5) is 13.2 Å². The summed E-state index contributed by atoms with van der Waals surface area (Å²) in [6.45, 7) is 0.0979. The van der Waals surface area contributed by atoms with Crippen LogP contribution in [0, 0.1) is 0 Å². The van der Waals surface area contributed by atoms with Crippen molar-refractivity contribution in [2.45, 2.75) is 37.4 Å². The van der Waals surface area contributed by atoms with E-state index in [2.05, 4.69) is 5.32 Å². The lowest BCUT2D eigenvalue weighted by molar-refractivity contribution is -0.202. The van der Waals surface area contributed by atoms with Crippen molar-refractivity contribution in [1.82, 2.24) is 10.2 Å². The molecule has 0 unspecified atom stereocenters. The maximum atomic E-state index is 13.7. The molecule has 23 heavy (non-hydrogen) atoms.